The number of ether oxygens (including phenoxy) is 1. The van der Waals surface area contributed by atoms with Gasteiger partial charge >= 0.3 is 0 Å². The van der Waals surface area contributed by atoms with E-state index in [-0.39, 0.29) is 11.8 Å². The molecule has 0 aliphatic carbocycles. The zero-order valence-electron chi connectivity index (χ0n) is 15.2. The number of amides is 2. The maximum atomic E-state index is 12.4. The molecule has 5 nitrogen and oxygen atoms in total. The third kappa shape index (κ3) is 4.90. The quantitative estimate of drug-likeness (QED) is 0.645. The Balaban J connectivity index is 1.60. The van der Waals surface area contributed by atoms with Crippen LogP contribution in [-0.4, -0.2) is 18.9 Å². The van der Waals surface area contributed by atoms with Gasteiger partial charge in [-0.15, -0.1) is 0 Å². The molecule has 28 heavy (non-hydrogen) atoms. The fraction of sp³-hybridized carbons (Fsp3) is 0.0909. The zero-order chi connectivity index (χ0) is 19.9. The molecule has 0 aliphatic rings. The van der Waals surface area contributed by atoms with Gasteiger partial charge in [0.25, 0.3) is 11.8 Å². The number of anilines is 1. The summed E-state index contributed by atoms with van der Waals surface area (Å²) in [4.78, 5) is 24.6. The Labute approximate surface area is 168 Å². The van der Waals surface area contributed by atoms with E-state index < -0.39 is 0 Å². The standard InChI is InChI=1S/C22H19ClN2O3/c1-28-20-12-11-18(13-19(20)23)25-22(27)17-9-7-16(8-10-17)21(26)24-14-15-5-3-2-4-6-15/h2-13H,14H2,1H3,(H,24,26)(H,25,27). The Kier molecular flexibility index (Phi) is 6.29. The van der Waals surface area contributed by atoms with Gasteiger partial charge < -0.3 is 15.4 Å². The molecule has 3 aromatic rings. The van der Waals surface area contributed by atoms with Crippen LogP contribution in [0.3, 0.4) is 0 Å². The van der Waals surface area contributed by atoms with Crippen LogP contribution in [0.1, 0.15) is 26.3 Å². The van der Waals surface area contributed by atoms with E-state index in [1.807, 2.05) is 30.3 Å². The van der Waals surface area contributed by atoms with Crippen LogP contribution in [0.4, 0.5) is 5.69 Å². The van der Waals surface area contributed by atoms with E-state index >= 15 is 0 Å². The van der Waals surface area contributed by atoms with Crippen LogP contribution in [0.5, 0.6) is 5.75 Å². The number of halogens is 1. The van der Waals surface area contributed by atoms with E-state index in [2.05, 4.69) is 10.6 Å². The average Bonchev–Trinajstić information content (AvgIpc) is 2.73. The van der Waals surface area contributed by atoms with Gasteiger partial charge in [0.1, 0.15) is 5.75 Å². The van der Waals surface area contributed by atoms with Gasteiger partial charge in [0, 0.05) is 23.4 Å². The van der Waals surface area contributed by atoms with E-state index in [1.54, 1.807) is 42.5 Å². The molecule has 0 saturated carbocycles. The largest absolute Gasteiger partial charge is 0.495 e. The van der Waals surface area contributed by atoms with Crippen LogP contribution in [0.25, 0.3) is 0 Å². The van der Waals surface area contributed by atoms with Crippen molar-refractivity contribution < 1.29 is 14.3 Å². The Bertz CT molecular complexity index is 973. The lowest BCUT2D eigenvalue weighted by atomic mass is 10.1. The summed E-state index contributed by atoms with van der Waals surface area (Å²) in [5.74, 6) is 0.0424. The second-order valence-electron chi connectivity index (χ2n) is 6.05. The van der Waals surface area contributed by atoms with Crippen molar-refractivity contribution in [3.8, 4) is 5.75 Å². The maximum Gasteiger partial charge on any atom is 0.255 e. The fourth-order valence-corrected chi connectivity index (χ4v) is 2.86. The molecule has 142 valence electrons. The van der Waals surface area contributed by atoms with Crippen molar-refractivity contribution in [2.75, 3.05) is 12.4 Å². The van der Waals surface area contributed by atoms with E-state index in [4.69, 9.17) is 16.3 Å². The fourth-order valence-electron chi connectivity index (χ4n) is 2.60. The number of hydrogen-bond acceptors (Lipinski definition) is 3. The van der Waals surface area contributed by atoms with E-state index in [9.17, 15) is 9.59 Å². The summed E-state index contributed by atoms with van der Waals surface area (Å²) in [6, 6.07) is 21.1. The normalized spacial score (nSPS) is 10.2. The first-order valence-electron chi connectivity index (χ1n) is 8.64. The lowest BCUT2D eigenvalue weighted by molar-refractivity contribution is 0.0949. The molecule has 0 saturated heterocycles. The number of methoxy groups -OCH3 is 1. The van der Waals surface area contributed by atoms with Gasteiger partial charge in [-0.3, -0.25) is 9.59 Å². The van der Waals surface area contributed by atoms with Crippen LogP contribution in [0, 0.1) is 0 Å². The van der Waals surface area contributed by atoms with Crippen LogP contribution in [-0.2, 0) is 6.54 Å². The summed E-state index contributed by atoms with van der Waals surface area (Å²) < 4.78 is 5.09. The van der Waals surface area contributed by atoms with Crippen molar-refractivity contribution >= 4 is 29.1 Å². The minimum atomic E-state index is -0.294. The van der Waals surface area contributed by atoms with Gasteiger partial charge in [-0.05, 0) is 48.0 Å². The molecule has 2 N–H and O–H groups in total. The molecule has 0 spiro atoms. The first kappa shape index (κ1) is 19.5. The first-order chi connectivity index (χ1) is 13.6. The number of nitrogens with one attached hydrogen (secondary N) is 2. The highest BCUT2D eigenvalue weighted by molar-refractivity contribution is 6.32. The van der Waals surface area contributed by atoms with Crippen molar-refractivity contribution in [2.24, 2.45) is 0 Å². The smallest absolute Gasteiger partial charge is 0.255 e. The van der Waals surface area contributed by atoms with E-state index in [0.29, 0.717) is 34.1 Å². The molecule has 0 aliphatic heterocycles. The van der Waals surface area contributed by atoms with Gasteiger partial charge in [-0.25, -0.2) is 0 Å². The predicted octanol–water partition coefficient (Wildman–Crippen LogP) is 4.53. The summed E-state index contributed by atoms with van der Waals surface area (Å²) in [5, 5.41) is 6.03. The summed E-state index contributed by atoms with van der Waals surface area (Å²) in [6.45, 7) is 0.445. The summed E-state index contributed by atoms with van der Waals surface area (Å²) in [7, 11) is 1.52. The molecular formula is C22H19ClN2O3. The first-order valence-corrected chi connectivity index (χ1v) is 9.01. The number of rotatable bonds is 6. The molecule has 0 atom stereocenters. The molecular weight excluding hydrogens is 376 g/mol. The van der Waals surface area contributed by atoms with Gasteiger partial charge in [-0.2, -0.15) is 0 Å². The molecule has 3 aromatic carbocycles. The number of carbonyl (C=O) groups is 2. The lowest BCUT2D eigenvalue weighted by Crippen LogP contribution is -2.22. The SMILES string of the molecule is COc1ccc(NC(=O)c2ccc(C(=O)NCc3ccccc3)cc2)cc1Cl. The molecule has 0 heterocycles. The topological polar surface area (TPSA) is 67.4 Å². The minimum absolute atomic E-state index is 0.197. The maximum absolute atomic E-state index is 12.4. The molecule has 2 amide bonds. The Hall–Kier alpha value is -3.31. The third-order valence-electron chi connectivity index (χ3n) is 4.11. The van der Waals surface area contributed by atoms with Gasteiger partial charge in [0.2, 0.25) is 0 Å². The second kappa shape index (κ2) is 9.06. The number of carbonyl (C=O) groups excluding carboxylic acids is 2. The van der Waals surface area contributed by atoms with Crippen LogP contribution >= 0.6 is 11.6 Å². The summed E-state index contributed by atoms with van der Waals surface area (Å²) in [6.07, 6.45) is 0. The Morgan fingerprint density at radius 2 is 1.54 bits per heavy atom. The molecule has 3 rings (SSSR count). The zero-order valence-corrected chi connectivity index (χ0v) is 16.0. The van der Waals surface area contributed by atoms with Crippen molar-refractivity contribution in [2.45, 2.75) is 6.54 Å². The molecule has 0 aromatic heterocycles. The highest BCUT2D eigenvalue weighted by atomic mass is 35.5. The van der Waals surface area contributed by atoms with Crippen LogP contribution < -0.4 is 15.4 Å². The van der Waals surface area contributed by atoms with Crippen molar-refractivity contribution in [1.82, 2.24) is 5.32 Å². The average molecular weight is 395 g/mol. The van der Waals surface area contributed by atoms with Crippen molar-refractivity contribution in [3.63, 3.8) is 0 Å². The molecule has 6 heteroatoms. The Morgan fingerprint density at radius 3 is 2.14 bits per heavy atom. The van der Waals surface area contributed by atoms with Gasteiger partial charge in [0.15, 0.2) is 0 Å². The predicted molar refractivity (Wildman–Crippen MR) is 110 cm³/mol. The molecule has 0 fully saturated rings. The third-order valence-corrected chi connectivity index (χ3v) is 4.41. The van der Waals surface area contributed by atoms with Crippen LogP contribution in [0.2, 0.25) is 5.02 Å². The highest BCUT2D eigenvalue weighted by Gasteiger charge is 2.10. The monoisotopic (exact) mass is 394 g/mol. The lowest BCUT2D eigenvalue weighted by Gasteiger charge is -2.09. The van der Waals surface area contributed by atoms with Gasteiger partial charge in [0.05, 0.1) is 12.1 Å². The van der Waals surface area contributed by atoms with E-state index in [0.717, 1.165) is 5.56 Å². The molecule has 0 unspecified atom stereocenters. The van der Waals surface area contributed by atoms with Gasteiger partial charge in [-0.1, -0.05) is 41.9 Å². The highest BCUT2D eigenvalue weighted by Crippen LogP contribution is 2.27. The van der Waals surface area contributed by atoms with Crippen molar-refractivity contribution in [1.29, 1.82) is 0 Å². The minimum Gasteiger partial charge on any atom is -0.495 e. The van der Waals surface area contributed by atoms with Crippen molar-refractivity contribution in [3.05, 3.63) is 94.5 Å². The van der Waals surface area contributed by atoms with Crippen LogP contribution in [0.15, 0.2) is 72.8 Å². The summed E-state index contributed by atoms with van der Waals surface area (Å²) >= 11 is 6.07. The number of hydrogen-bond donors (Lipinski definition) is 2. The number of benzene rings is 3. The second-order valence-corrected chi connectivity index (χ2v) is 6.46. The molecule has 0 radical (unpaired) electrons. The van der Waals surface area contributed by atoms with E-state index in [1.165, 1.54) is 7.11 Å². The molecule has 0 bridgehead atoms. The Morgan fingerprint density at radius 1 is 0.893 bits per heavy atom. The summed E-state index contributed by atoms with van der Waals surface area (Å²) in [5.41, 5.74) is 2.50.